The number of nitrogens with one attached hydrogen (secondary N) is 1. The highest BCUT2D eigenvalue weighted by Gasteiger charge is 2.33. The number of terminal acetylenes is 1. The molecule has 0 bridgehead atoms. The molecule has 0 spiro atoms. The third-order valence-electron chi connectivity index (χ3n) is 2.33. The molecular formula is C12H20N2O3. The lowest BCUT2D eigenvalue weighted by Gasteiger charge is -2.30. The summed E-state index contributed by atoms with van der Waals surface area (Å²) >= 11 is 0. The van der Waals surface area contributed by atoms with Gasteiger partial charge in [0, 0.05) is 6.54 Å². The Balaban J connectivity index is 4.73. The van der Waals surface area contributed by atoms with Gasteiger partial charge in [0.05, 0.1) is 6.54 Å². The molecule has 0 aromatic heterocycles. The standard InChI is InChI=1S/C12H20N2O3/c1-6-8-14(7-2)11(17)13-9(10(15)16)12(3,4)5/h1,9H,7-8H2,2-5H3,(H,13,17)(H,15,16). The minimum atomic E-state index is -1.05. The zero-order chi connectivity index (χ0) is 13.6. The summed E-state index contributed by atoms with van der Waals surface area (Å²) in [5, 5.41) is 11.6. The summed E-state index contributed by atoms with van der Waals surface area (Å²) in [4.78, 5) is 24.2. The normalized spacial score (nSPS) is 12.4. The second kappa shape index (κ2) is 6.14. The molecule has 1 atom stereocenters. The zero-order valence-electron chi connectivity index (χ0n) is 10.8. The SMILES string of the molecule is C#CCN(CC)C(=O)NC(C(=O)O)C(C)(C)C. The first-order valence-corrected chi connectivity index (χ1v) is 5.45. The number of carboxylic acids is 1. The molecule has 0 radical (unpaired) electrons. The molecule has 5 heteroatoms. The highest BCUT2D eigenvalue weighted by atomic mass is 16.4. The maximum Gasteiger partial charge on any atom is 0.326 e. The Morgan fingerprint density at radius 3 is 2.29 bits per heavy atom. The largest absolute Gasteiger partial charge is 0.480 e. The Morgan fingerprint density at radius 1 is 1.47 bits per heavy atom. The third-order valence-corrected chi connectivity index (χ3v) is 2.33. The second-order valence-electron chi connectivity index (χ2n) is 4.81. The molecule has 2 N–H and O–H groups in total. The van der Waals surface area contributed by atoms with Crippen molar-refractivity contribution in [3.05, 3.63) is 0 Å². The van der Waals surface area contributed by atoms with Crippen LogP contribution in [-0.2, 0) is 4.79 Å². The fourth-order valence-corrected chi connectivity index (χ4v) is 1.30. The fraction of sp³-hybridized carbons (Fsp3) is 0.667. The van der Waals surface area contributed by atoms with Crippen molar-refractivity contribution in [1.82, 2.24) is 10.2 Å². The van der Waals surface area contributed by atoms with Crippen molar-refractivity contribution in [2.24, 2.45) is 5.41 Å². The highest BCUT2D eigenvalue weighted by molar-refractivity contribution is 5.83. The lowest BCUT2D eigenvalue weighted by Crippen LogP contribution is -2.53. The van der Waals surface area contributed by atoms with Crippen LogP contribution in [0.25, 0.3) is 0 Å². The average molecular weight is 240 g/mol. The van der Waals surface area contributed by atoms with Gasteiger partial charge in [0.15, 0.2) is 0 Å². The van der Waals surface area contributed by atoms with Crippen molar-refractivity contribution in [1.29, 1.82) is 0 Å². The molecule has 17 heavy (non-hydrogen) atoms. The van der Waals surface area contributed by atoms with Crippen molar-refractivity contribution in [2.75, 3.05) is 13.1 Å². The number of amides is 2. The van der Waals surface area contributed by atoms with Gasteiger partial charge in [-0.1, -0.05) is 26.7 Å². The summed E-state index contributed by atoms with van der Waals surface area (Å²) in [5.74, 6) is 1.31. The van der Waals surface area contributed by atoms with Crippen LogP contribution in [0.2, 0.25) is 0 Å². The predicted octanol–water partition coefficient (Wildman–Crippen LogP) is 1.15. The minimum Gasteiger partial charge on any atom is -0.480 e. The van der Waals surface area contributed by atoms with E-state index in [1.54, 1.807) is 27.7 Å². The van der Waals surface area contributed by atoms with Crippen LogP contribution < -0.4 is 5.32 Å². The number of carboxylic acid groups (broad SMARTS) is 1. The van der Waals surface area contributed by atoms with Crippen molar-refractivity contribution in [3.8, 4) is 12.3 Å². The first-order chi connectivity index (χ1) is 7.73. The van der Waals surface area contributed by atoms with Crippen molar-refractivity contribution < 1.29 is 14.7 Å². The van der Waals surface area contributed by atoms with Gasteiger partial charge >= 0.3 is 12.0 Å². The number of hydrogen-bond donors (Lipinski definition) is 2. The summed E-state index contributed by atoms with van der Waals surface area (Å²) in [5.41, 5.74) is -0.558. The number of carbonyl (C=O) groups is 2. The molecule has 0 aliphatic carbocycles. The summed E-state index contributed by atoms with van der Waals surface area (Å²) in [7, 11) is 0. The summed E-state index contributed by atoms with van der Waals surface area (Å²) in [6.45, 7) is 7.64. The molecule has 5 nitrogen and oxygen atoms in total. The Labute approximate surface area is 102 Å². The van der Waals surface area contributed by atoms with Gasteiger partial charge in [-0.15, -0.1) is 6.42 Å². The third kappa shape index (κ3) is 4.77. The van der Waals surface area contributed by atoms with Gasteiger partial charge in [0.1, 0.15) is 6.04 Å². The van der Waals surface area contributed by atoms with E-state index in [1.165, 1.54) is 4.90 Å². The maximum absolute atomic E-state index is 11.8. The number of aliphatic carboxylic acids is 1. The van der Waals surface area contributed by atoms with Crippen molar-refractivity contribution in [2.45, 2.75) is 33.7 Å². The van der Waals surface area contributed by atoms with E-state index in [4.69, 9.17) is 11.5 Å². The van der Waals surface area contributed by atoms with E-state index in [2.05, 4.69) is 11.2 Å². The van der Waals surface area contributed by atoms with Gasteiger partial charge in [0.25, 0.3) is 0 Å². The average Bonchev–Trinajstić information content (AvgIpc) is 2.19. The summed E-state index contributed by atoms with van der Waals surface area (Å²) in [6, 6.07) is -1.39. The Morgan fingerprint density at radius 2 is 2.00 bits per heavy atom. The molecule has 0 saturated heterocycles. The number of nitrogens with zero attached hydrogens (tertiary/aromatic N) is 1. The van der Waals surface area contributed by atoms with Crippen LogP contribution in [0.3, 0.4) is 0 Å². The van der Waals surface area contributed by atoms with Gasteiger partial charge in [-0.2, -0.15) is 0 Å². The molecular weight excluding hydrogens is 220 g/mol. The molecule has 0 saturated carbocycles. The first-order valence-electron chi connectivity index (χ1n) is 5.45. The van der Waals surface area contributed by atoms with Crippen LogP contribution in [0.15, 0.2) is 0 Å². The molecule has 1 unspecified atom stereocenters. The molecule has 2 amide bonds. The molecule has 96 valence electrons. The van der Waals surface area contributed by atoms with Crippen LogP contribution in [0.1, 0.15) is 27.7 Å². The lowest BCUT2D eigenvalue weighted by molar-refractivity contribution is -0.142. The molecule has 0 aromatic carbocycles. The fourth-order valence-electron chi connectivity index (χ4n) is 1.30. The Hall–Kier alpha value is -1.70. The summed E-state index contributed by atoms with van der Waals surface area (Å²) < 4.78 is 0. The molecule has 0 fully saturated rings. The van der Waals surface area contributed by atoms with E-state index in [0.717, 1.165) is 0 Å². The van der Waals surface area contributed by atoms with Gasteiger partial charge in [0.2, 0.25) is 0 Å². The molecule has 0 rings (SSSR count). The number of hydrogen-bond acceptors (Lipinski definition) is 2. The number of rotatable bonds is 4. The van der Waals surface area contributed by atoms with Gasteiger partial charge < -0.3 is 15.3 Å². The molecule has 0 aromatic rings. The predicted molar refractivity (Wildman–Crippen MR) is 65.5 cm³/mol. The van der Waals surface area contributed by atoms with E-state index >= 15 is 0 Å². The van der Waals surface area contributed by atoms with E-state index in [1.807, 2.05) is 0 Å². The van der Waals surface area contributed by atoms with Crippen LogP contribution >= 0.6 is 0 Å². The first kappa shape index (κ1) is 15.3. The van der Waals surface area contributed by atoms with Crippen LogP contribution in [0.4, 0.5) is 4.79 Å². The van der Waals surface area contributed by atoms with E-state index in [0.29, 0.717) is 6.54 Å². The number of carbonyl (C=O) groups excluding carboxylic acids is 1. The van der Waals surface area contributed by atoms with Crippen molar-refractivity contribution in [3.63, 3.8) is 0 Å². The lowest BCUT2D eigenvalue weighted by atomic mass is 9.87. The smallest absolute Gasteiger partial charge is 0.326 e. The van der Waals surface area contributed by atoms with Crippen LogP contribution in [-0.4, -0.2) is 41.1 Å². The van der Waals surface area contributed by atoms with Gasteiger partial charge in [-0.25, -0.2) is 9.59 Å². The maximum atomic E-state index is 11.8. The van der Waals surface area contributed by atoms with E-state index < -0.39 is 23.5 Å². The molecule has 0 aliphatic rings. The molecule has 0 aliphatic heterocycles. The van der Waals surface area contributed by atoms with E-state index in [-0.39, 0.29) is 6.54 Å². The zero-order valence-corrected chi connectivity index (χ0v) is 10.8. The van der Waals surface area contributed by atoms with Crippen molar-refractivity contribution >= 4 is 12.0 Å². The summed E-state index contributed by atoms with van der Waals surface area (Å²) in [6.07, 6.45) is 5.13. The van der Waals surface area contributed by atoms with Gasteiger partial charge in [-0.05, 0) is 12.3 Å². The highest BCUT2D eigenvalue weighted by Crippen LogP contribution is 2.19. The number of urea groups is 1. The van der Waals surface area contributed by atoms with E-state index in [9.17, 15) is 9.59 Å². The Kier molecular flexibility index (Phi) is 5.52. The van der Waals surface area contributed by atoms with Crippen LogP contribution in [0.5, 0.6) is 0 Å². The Bertz CT molecular complexity index is 326. The quantitative estimate of drug-likeness (QED) is 0.724. The van der Waals surface area contributed by atoms with Gasteiger partial charge in [-0.3, -0.25) is 0 Å². The second-order valence-corrected chi connectivity index (χ2v) is 4.81. The molecule has 0 heterocycles. The van der Waals surface area contributed by atoms with Crippen LogP contribution in [0, 0.1) is 17.8 Å². The topological polar surface area (TPSA) is 69.6 Å². The monoisotopic (exact) mass is 240 g/mol. The minimum absolute atomic E-state index is 0.165.